The molecule has 4 nitrogen and oxygen atoms in total. The minimum absolute atomic E-state index is 0. The van der Waals surface area contributed by atoms with Crippen molar-refractivity contribution in [2.75, 3.05) is 26.2 Å². The molecule has 0 spiro atoms. The molecule has 1 N–H and O–H groups in total. The van der Waals surface area contributed by atoms with Gasteiger partial charge in [-0.25, -0.2) is 0 Å². The van der Waals surface area contributed by atoms with Crippen molar-refractivity contribution < 1.29 is 4.79 Å². The number of pyridine rings is 1. The Bertz CT molecular complexity index is 678. The van der Waals surface area contributed by atoms with E-state index in [1.807, 2.05) is 23.2 Å². The maximum Gasteiger partial charge on any atom is 0.227 e. The fraction of sp³-hybridized carbons (Fsp3) is 0.368. The van der Waals surface area contributed by atoms with Gasteiger partial charge in [0.05, 0.1) is 5.92 Å². The van der Waals surface area contributed by atoms with E-state index in [-0.39, 0.29) is 30.7 Å². The van der Waals surface area contributed by atoms with Crippen molar-refractivity contribution in [2.24, 2.45) is 5.92 Å². The highest BCUT2D eigenvalue weighted by Crippen LogP contribution is 2.33. The predicted molar refractivity (Wildman–Crippen MR) is 104 cm³/mol. The van der Waals surface area contributed by atoms with Crippen molar-refractivity contribution >= 4 is 30.7 Å². The molecule has 0 aliphatic carbocycles. The second-order valence-electron chi connectivity index (χ2n) is 6.51. The first-order valence-electron chi connectivity index (χ1n) is 8.27. The van der Waals surface area contributed by atoms with Gasteiger partial charge in [-0.3, -0.25) is 9.78 Å². The summed E-state index contributed by atoms with van der Waals surface area (Å²) in [6.45, 7) is 3.32. The smallest absolute Gasteiger partial charge is 0.227 e. The summed E-state index contributed by atoms with van der Waals surface area (Å²) in [7, 11) is 0. The lowest BCUT2D eigenvalue weighted by atomic mass is 9.85. The first-order chi connectivity index (χ1) is 11.3. The van der Waals surface area contributed by atoms with E-state index >= 15 is 0 Å². The van der Waals surface area contributed by atoms with Crippen LogP contribution >= 0.6 is 24.8 Å². The molecular weight excluding hydrogens is 357 g/mol. The first kappa shape index (κ1) is 19.7. The number of halogens is 2. The van der Waals surface area contributed by atoms with Gasteiger partial charge in [0.15, 0.2) is 0 Å². The minimum atomic E-state index is 0. The van der Waals surface area contributed by atoms with Crippen LogP contribution in [0, 0.1) is 5.92 Å². The fourth-order valence-corrected chi connectivity index (χ4v) is 3.71. The summed E-state index contributed by atoms with van der Waals surface area (Å²) in [6.07, 6.45) is 3.70. The van der Waals surface area contributed by atoms with Gasteiger partial charge in [-0.1, -0.05) is 36.4 Å². The van der Waals surface area contributed by atoms with E-state index in [0.29, 0.717) is 17.7 Å². The van der Waals surface area contributed by atoms with E-state index < -0.39 is 0 Å². The van der Waals surface area contributed by atoms with E-state index in [0.717, 1.165) is 26.2 Å². The van der Waals surface area contributed by atoms with Crippen molar-refractivity contribution in [3.63, 3.8) is 0 Å². The Morgan fingerprint density at radius 2 is 1.72 bits per heavy atom. The molecule has 2 aromatic rings. The molecule has 2 saturated heterocycles. The molecule has 1 amide bonds. The molecule has 4 rings (SSSR count). The van der Waals surface area contributed by atoms with Crippen LogP contribution in [0.15, 0.2) is 54.9 Å². The van der Waals surface area contributed by atoms with Gasteiger partial charge in [0.2, 0.25) is 5.91 Å². The second kappa shape index (κ2) is 8.65. The van der Waals surface area contributed by atoms with Crippen LogP contribution in [-0.2, 0) is 4.79 Å². The molecule has 2 aliphatic rings. The molecule has 3 heterocycles. The van der Waals surface area contributed by atoms with Crippen LogP contribution in [0.5, 0.6) is 0 Å². The molecule has 0 bridgehead atoms. The van der Waals surface area contributed by atoms with Gasteiger partial charge in [0.1, 0.15) is 0 Å². The molecule has 0 radical (unpaired) electrons. The zero-order valence-corrected chi connectivity index (χ0v) is 15.5. The van der Waals surface area contributed by atoms with Gasteiger partial charge in [-0.05, 0) is 17.2 Å². The third-order valence-electron chi connectivity index (χ3n) is 5.11. The van der Waals surface area contributed by atoms with Crippen LogP contribution in [0.3, 0.4) is 0 Å². The lowest BCUT2D eigenvalue weighted by Crippen LogP contribution is -2.51. The molecular formula is C19H23Cl2N3O. The van der Waals surface area contributed by atoms with E-state index in [4.69, 9.17) is 0 Å². The molecule has 25 heavy (non-hydrogen) atoms. The Balaban J connectivity index is 0.00000113. The maximum atomic E-state index is 12.9. The normalized spacial score (nSPS) is 22.5. The van der Waals surface area contributed by atoms with Crippen LogP contribution in [0.1, 0.15) is 23.0 Å². The maximum absolute atomic E-state index is 12.9. The van der Waals surface area contributed by atoms with Crippen LogP contribution in [0.4, 0.5) is 0 Å². The summed E-state index contributed by atoms with van der Waals surface area (Å²) in [4.78, 5) is 19.0. The number of carbonyl (C=O) groups excluding carboxylic acids is 1. The topological polar surface area (TPSA) is 45.2 Å². The molecule has 2 unspecified atom stereocenters. The molecule has 6 heteroatoms. The third-order valence-corrected chi connectivity index (χ3v) is 5.11. The Morgan fingerprint density at radius 3 is 2.40 bits per heavy atom. The molecule has 0 saturated carbocycles. The van der Waals surface area contributed by atoms with Crippen molar-refractivity contribution in [1.29, 1.82) is 0 Å². The van der Waals surface area contributed by atoms with E-state index in [9.17, 15) is 4.79 Å². The number of nitrogens with zero attached hydrogens (tertiary/aromatic N) is 2. The number of carbonyl (C=O) groups is 1. The molecule has 2 fully saturated rings. The zero-order valence-electron chi connectivity index (χ0n) is 13.9. The van der Waals surface area contributed by atoms with Crippen LogP contribution < -0.4 is 5.32 Å². The summed E-state index contributed by atoms with van der Waals surface area (Å²) < 4.78 is 0. The Morgan fingerprint density at radius 1 is 1.00 bits per heavy atom. The summed E-state index contributed by atoms with van der Waals surface area (Å²) >= 11 is 0. The number of aromatic nitrogens is 1. The summed E-state index contributed by atoms with van der Waals surface area (Å²) in [5, 5.41) is 3.39. The average Bonchev–Trinajstić information content (AvgIpc) is 3.05. The van der Waals surface area contributed by atoms with Gasteiger partial charge in [0.25, 0.3) is 0 Å². The Hall–Kier alpha value is -1.62. The average molecular weight is 380 g/mol. The van der Waals surface area contributed by atoms with Crippen LogP contribution in [0.25, 0.3) is 0 Å². The minimum Gasteiger partial charge on any atom is -0.341 e. The van der Waals surface area contributed by atoms with Gasteiger partial charge in [-0.15, -0.1) is 24.8 Å². The van der Waals surface area contributed by atoms with Gasteiger partial charge < -0.3 is 10.2 Å². The van der Waals surface area contributed by atoms with E-state index in [1.54, 1.807) is 6.20 Å². The predicted octanol–water partition coefficient (Wildman–Crippen LogP) is 2.85. The molecule has 1 aromatic heterocycles. The first-order valence-corrected chi connectivity index (χ1v) is 8.27. The van der Waals surface area contributed by atoms with Crippen molar-refractivity contribution in [3.8, 4) is 0 Å². The quantitative estimate of drug-likeness (QED) is 0.891. The molecule has 2 atom stereocenters. The number of nitrogens with one attached hydrogen (secondary N) is 1. The number of hydrogen-bond acceptors (Lipinski definition) is 3. The summed E-state index contributed by atoms with van der Waals surface area (Å²) in [6, 6.07) is 14.5. The summed E-state index contributed by atoms with van der Waals surface area (Å²) in [5.74, 6) is 1.09. The van der Waals surface area contributed by atoms with Crippen molar-refractivity contribution in [1.82, 2.24) is 15.2 Å². The van der Waals surface area contributed by atoms with Gasteiger partial charge >= 0.3 is 0 Å². The van der Waals surface area contributed by atoms with Gasteiger partial charge in [-0.2, -0.15) is 0 Å². The van der Waals surface area contributed by atoms with Crippen molar-refractivity contribution in [2.45, 2.75) is 11.8 Å². The lowest BCUT2D eigenvalue weighted by Gasteiger charge is -2.41. The Kier molecular flexibility index (Phi) is 6.82. The standard InChI is InChI=1S/C19H21N3O.2ClH/c23-19(22-12-16(13-22)15-7-4-8-20-9-15)18-11-21-10-17(18)14-5-2-1-3-6-14;;/h1-9,16-18,21H,10-13H2;2*1H. The Labute approximate surface area is 160 Å². The summed E-state index contributed by atoms with van der Waals surface area (Å²) in [5.41, 5.74) is 2.50. The van der Waals surface area contributed by atoms with Crippen LogP contribution in [0.2, 0.25) is 0 Å². The lowest BCUT2D eigenvalue weighted by molar-refractivity contribution is -0.139. The highest BCUT2D eigenvalue weighted by Gasteiger charge is 2.40. The number of hydrogen-bond donors (Lipinski definition) is 1. The number of amides is 1. The molecule has 2 aliphatic heterocycles. The van der Waals surface area contributed by atoms with Crippen molar-refractivity contribution in [3.05, 3.63) is 66.0 Å². The third kappa shape index (κ3) is 3.97. The monoisotopic (exact) mass is 379 g/mol. The number of benzene rings is 1. The highest BCUT2D eigenvalue weighted by molar-refractivity contribution is 5.85. The molecule has 1 aromatic carbocycles. The SMILES string of the molecule is Cl.Cl.O=C(C1CNCC1c1ccccc1)N1CC(c2cccnc2)C1. The second-order valence-corrected chi connectivity index (χ2v) is 6.51. The highest BCUT2D eigenvalue weighted by atomic mass is 35.5. The number of likely N-dealkylation sites (tertiary alicyclic amines) is 1. The largest absolute Gasteiger partial charge is 0.341 e. The van der Waals surface area contributed by atoms with E-state index in [1.165, 1.54) is 11.1 Å². The van der Waals surface area contributed by atoms with Crippen LogP contribution in [-0.4, -0.2) is 42.0 Å². The zero-order chi connectivity index (χ0) is 15.6. The van der Waals surface area contributed by atoms with E-state index in [2.05, 4.69) is 40.6 Å². The fourth-order valence-electron chi connectivity index (χ4n) is 3.71. The van der Waals surface area contributed by atoms with Gasteiger partial charge in [0, 0.05) is 50.4 Å². The number of rotatable bonds is 3. The molecule has 134 valence electrons.